The Morgan fingerprint density at radius 2 is 2.19 bits per heavy atom. The minimum atomic E-state index is -0.145. The maximum atomic E-state index is 12.2. The van der Waals surface area contributed by atoms with Crippen LogP contribution < -0.4 is 10.2 Å². The van der Waals surface area contributed by atoms with E-state index in [2.05, 4.69) is 15.5 Å². The first-order valence-electron chi connectivity index (χ1n) is 8.66. The van der Waals surface area contributed by atoms with Gasteiger partial charge in [0, 0.05) is 37.7 Å². The van der Waals surface area contributed by atoms with Gasteiger partial charge in [-0.3, -0.25) is 9.59 Å². The molecule has 1 aliphatic rings. The Morgan fingerprint density at radius 3 is 3.00 bits per heavy atom. The maximum Gasteiger partial charge on any atom is 0.238 e. The van der Waals surface area contributed by atoms with Gasteiger partial charge < -0.3 is 19.2 Å². The van der Waals surface area contributed by atoms with Crippen molar-refractivity contribution in [2.24, 2.45) is 0 Å². The lowest BCUT2D eigenvalue weighted by atomic mass is 10.0. The van der Waals surface area contributed by atoms with Crippen LogP contribution in [0.25, 0.3) is 11.6 Å². The summed E-state index contributed by atoms with van der Waals surface area (Å²) in [5.41, 5.74) is 2.65. The van der Waals surface area contributed by atoms with Crippen molar-refractivity contribution in [2.45, 2.75) is 25.7 Å². The van der Waals surface area contributed by atoms with Crippen molar-refractivity contribution in [2.75, 3.05) is 17.3 Å². The van der Waals surface area contributed by atoms with E-state index >= 15 is 0 Å². The van der Waals surface area contributed by atoms with Gasteiger partial charge in [-0.15, -0.1) is 0 Å². The number of aromatic nitrogens is 2. The summed E-state index contributed by atoms with van der Waals surface area (Å²) in [6.45, 7) is 0. The van der Waals surface area contributed by atoms with E-state index in [-0.39, 0.29) is 18.2 Å². The van der Waals surface area contributed by atoms with Crippen LogP contribution in [0.1, 0.15) is 24.3 Å². The molecule has 1 N–H and O–H groups in total. The highest BCUT2D eigenvalue weighted by Gasteiger charge is 2.21. The number of hydrogen-bond donors (Lipinski definition) is 1. The second-order valence-electron chi connectivity index (χ2n) is 6.33. The van der Waals surface area contributed by atoms with Crippen molar-refractivity contribution in [1.82, 2.24) is 10.1 Å². The van der Waals surface area contributed by atoms with E-state index in [1.165, 1.54) is 6.26 Å². The Bertz CT molecular complexity index is 978. The summed E-state index contributed by atoms with van der Waals surface area (Å²) in [5.74, 6) is 1.22. The van der Waals surface area contributed by atoms with Gasteiger partial charge in [0.2, 0.25) is 23.5 Å². The summed E-state index contributed by atoms with van der Waals surface area (Å²) >= 11 is 0. The van der Waals surface area contributed by atoms with Crippen LogP contribution in [-0.4, -0.2) is 29.0 Å². The van der Waals surface area contributed by atoms with Crippen molar-refractivity contribution in [1.29, 1.82) is 0 Å². The summed E-state index contributed by atoms with van der Waals surface area (Å²) < 4.78 is 10.4. The van der Waals surface area contributed by atoms with Crippen LogP contribution in [-0.2, 0) is 22.4 Å². The third-order valence-corrected chi connectivity index (χ3v) is 4.48. The molecule has 0 fully saturated rings. The third-order valence-electron chi connectivity index (χ3n) is 4.48. The zero-order valence-electron chi connectivity index (χ0n) is 14.8. The number of anilines is 2. The summed E-state index contributed by atoms with van der Waals surface area (Å²) in [6, 6.07) is 9.05. The first-order valence-corrected chi connectivity index (χ1v) is 8.66. The average molecular weight is 366 g/mol. The van der Waals surface area contributed by atoms with E-state index in [1.54, 1.807) is 30.1 Å². The quantitative estimate of drug-likeness (QED) is 0.745. The number of fused-ring (bicyclic) bond motifs is 1. The zero-order valence-corrected chi connectivity index (χ0v) is 14.8. The highest BCUT2D eigenvalue weighted by atomic mass is 16.5. The largest absolute Gasteiger partial charge is 0.461 e. The molecule has 1 aromatic carbocycles. The molecule has 0 radical (unpaired) electrons. The molecular formula is C19H18N4O4. The molecule has 27 heavy (non-hydrogen) atoms. The molecule has 3 heterocycles. The van der Waals surface area contributed by atoms with E-state index in [0.29, 0.717) is 42.4 Å². The predicted molar refractivity (Wildman–Crippen MR) is 97.1 cm³/mol. The van der Waals surface area contributed by atoms with Crippen LogP contribution in [0.2, 0.25) is 0 Å². The number of carbonyl (C=O) groups excluding carboxylic acids is 2. The molecule has 0 bridgehead atoms. The lowest BCUT2D eigenvalue weighted by Crippen LogP contribution is -2.31. The maximum absolute atomic E-state index is 12.2. The van der Waals surface area contributed by atoms with Gasteiger partial charge in [-0.05, 0) is 42.3 Å². The fraction of sp³-hybridized carbons (Fsp3) is 0.263. The minimum absolute atomic E-state index is 0.104. The van der Waals surface area contributed by atoms with Crippen LogP contribution in [0.15, 0.2) is 45.5 Å². The molecule has 2 aromatic heterocycles. The van der Waals surface area contributed by atoms with Gasteiger partial charge in [0.05, 0.1) is 6.26 Å². The monoisotopic (exact) mass is 366 g/mol. The number of carbonyl (C=O) groups is 2. The number of benzene rings is 1. The van der Waals surface area contributed by atoms with Gasteiger partial charge in [0.1, 0.15) is 0 Å². The van der Waals surface area contributed by atoms with E-state index in [0.717, 1.165) is 11.3 Å². The number of nitrogens with zero attached hydrogens (tertiary/aromatic N) is 3. The lowest BCUT2D eigenvalue weighted by molar-refractivity contribution is -0.118. The van der Waals surface area contributed by atoms with E-state index < -0.39 is 0 Å². The van der Waals surface area contributed by atoms with Gasteiger partial charge in [0.15, 0.2) is 5.76 Å². The first-order chi connectivity index (χ1) is 13.1. The van der Waals surface area contributed by atoms with Gasteiger partial charge in [0.25, 0.3) is 0 Å². The van der Waals surface area contributed by atoms with Crippen LogP contribution in [0.4, 0.5) is 11.4 Å². The van der Waals surface area contributed by atoms with Gasteiger partial charge >= 0.3 is 0 Å². The second kappa shape index (κ2) is 7.06. The molecule has 0 spiro atoms. The summed E-state index contributed by atoms with van der Waals surface area (Å²) in [7, 11) is 1.76. The Hall–Kier alpha value is -3.42. The Balaban J connectivity index is 1.35. The van der Waals surface area contributed by atoms with E-state index in [4.69, 9.17) is 8.94 Å². The Morgan fingerprint density at radius 1 is 1.30 bits per heavy atom. The normalized spacial score (nSPS) is 13.5. The van der Waals surface area contributed by atoms with Crippen LogP contribution >= 0.6 is 0 Å². The third kappa shape index (κ3) is 3.59. The molecule has 8 heteroatoms. The average Bonchev–Trinajstić information content (AvgIpc) is 3.34. The van der Waals surface area contributed by atoms with Crippen LogP contribution in [0.5, 0.6) is 0 Å². The Labute approximate surface area is 155 Å². The molecule has 0 saturated heterocycles. The molecule has 0 saturated carbocycles. The Kier molecular flexibility index (Phi) is 4.45. The van der Waals surface area contributed by atoms with Crippen LogP contribution in [0.3, 0.4) is 0 Å². The molecule has 1 aliphatic heterocycles. The molecule has 4 rings (SSSR count). The number of hydrogen-bond acceptors (Lipinski definition) is 6. The highest BCUT2D eigenvalue weighted by Crippen LogP contribution is 2.29. The van der Waals surface area contributed by atoms with Crippen molar-refractivity contribution in [3.8, 4) is 11.6 Å². The van der Waals surface area contributed by atoms with E-state index in [1.807, 2.05) is 12.1 Å². The number of amides is 2. The molecular weight excluding hydrogens is 348 g/mol. The summed E-state index contributed by atoms with van der Waals surface area (Å²) in [4.78, 5) is 29.8. The van der Waals surface area contributed by atoms with Crippen molar-refractivity contribution in [3.63, 3.8) is 0 Å². The van der Waals surface area contributed by atoms with Crippen molar-refractivity contribution < 1.29 is 18.5 Å². The van der Waals surface area contributed by atoms with Gasteiger partial charge in [-0.1, -0.05) is 5.16 Å². The standard InChI is InChI=1S/C19H18N4O4/c1-23-14-6-5-13(11-12(14)4-9-18(23)25)20-16(24)7-8-17-21-19(22-27-17)15-3-2-10-26-15/h2-3,5-6,10-11H,4,7-9H2,1H3,(H,20,24). The molecule has 2 amide bonds. The molecule has 0 unspecified atom stereocenters. The topological polar surface area (TPSA) is 101 Å². The number of nitrogens with one attached hydrogen (secondary N) is 1. The molecule has 0 atom stereocenters. The fourth-order valence-electron chi connectivity index (χ4n) is 3.04. The van der Waals surface area contributed by atoms with Gasteiger partial charge in [-0.2, -0.15) is 4.98 Å². The number of furan rings is 1. The number of rotatable bonds is 5. The molecule has 3 aromatic rings. The van der Waals surface area contributed by atoms with Gasteiger partial charge in [-0.25, -0.2) is 0 Å². The number of aryl methyl sites for hydroxylation is 2. The SMILES string of the molecule is CN1C(=O)CCc2cc(NC(=O)CCc3nc(-c4ccco4)no3)ccc21. The molecule has 0 aliphatic carbocycles. The summed E-state index contributed by atoms with van der Waals surface area (Å²) in [6.07, 6.45) is 3.25. The van der Waals surface area contributed by atoms with E-state index in [9.17, 15) is 9.59 Å². The highest BCUT2D eigenvalue weighted by molar-refractivity contribution is 5.97. The zero-order chi connectivity index (χ0) is 18.8. The predicted octanol–water partition coefficient (Wildman–Crippen LogP) is 2.81. The van der Waals surface area contributed by atoms with Crippen LogP contribution in [0, 0.1) is 0 Å². The van der Waals surface area contributed by atoms with Crippen molar-refractivity contribution >= 4 is 23.2 Å². The molecule has 8 nitrogen and oxygen atoms in total. The smallest absolute Gasteiger partial charge is 0.238 e. The minimum Gasteiger partial charge on any atom is -0.461 e. The fourth-order valence-corrected chi connectivity index (χ4v) is 3.04. The lowest BCUT2D eigenvalue weighted by Gasteiger charge is -2.26. The molecule has 138 valence electrons. The first kappa shape index (κ1) is 17.0. The summed E-state index contributed by atoms with van der Waals surface area (Å²) in [5, 5.41) is 6.71. The second-order valence-corrected chi connectivity index (χ2v) is 6.33. The van der Waals surface area contributed by atoms with Crippen molar-refractivity contribution in [3.05, 3.63) is 48.0 Å².